The quantitative estimate of drug-likeness (QED) is 0.783. The van der Waals surface area contributed by atoms with Crippen LogP contribution < -0.4 is 21.3 Å². The van der Waals surface area contributed by atoms with Crippen LogP contribution in [0.2, 0.25) is 5.02 Å². The molecule has 0 spiro atoms. The lowest BCUT2D eigenvalue weighted by Gasteiger charge is -2.14. The van der Waals surface area contributed by atoms with E-state index in [1.165, 1.54) is 6.07 Å². The van der Waals surface area contributed by atoms with Gasteiger partial charge in [-0.3, -0.25) is 24.3 Å². The van der Waals surface area contributed by atoms with Crippen LogP contribution in [0, 0.1) is 0 Å². The Bertz CT molecular complexity index is 1000. The molecule has 2 heterocycles. The number of hydrogen-bond acceptors (Lipinski definition) is 5. The van der Waals surface area contributed by atoms with Gasteiger partial charge in [0.25, 0.3) is 17.4 Å². The van der Waals surface area contributed by atoms with E-state index in [1.807, 2.05) is 5.32 Å². The molecule has 0 saturated heterocycles. The summed E-state index contributed by atoms with van der Waals surface area (Å²) in [7, 11) is 0. The van der Waals surface area contributed by atoms with Crippen molar-refractivity contribution in [3.05, 3.63) is 50.8 Å². The van der Waals surface area contributed by atoms with Crippen LogP contribution in [0.1, 0.15) is 20.7 Å². The average Bonchev–Trinajstić information content (AvgIpc) is 2.80. The molecule has 0 unspecified atom stereocenters. The Morgan fingerprint density at radius 1 is 1.15 bits per heavy atom. The van der Waals surface area contributed by atoms with Crippen molar-refractivity contribution in [2.45, 2.75) is 6.18 Å². The number of aromatic nitrogens is 1. The predicted molar refractivity (Wildman–Crippen MR) is 84.8 cm³/mol. The van der Waals surface area contributed by atoms with Crippen molar-refractivity contribution in [3.8, 4) is 11.4 Å². The second kappa shape index (κ2) is 6.06. The Balaban J connectivity index is 2.04. The van der Waals surface area contributed by atoms with Crippen LogP contribution in [0.25, 0.3) is 5.69 Å². The molecule has 136 valence electrons. The fourth-order valence-electron chi connectivity index (χ4n) is 2.45. The molecule has 11 heteroatoms. The van der Waals surface area contributed by atoms with Gasteiger partial charge in [-0.05, 0) is 18.2 Å². The number of nitrogens with two attached hydrogens (primary N) is 1. The first-order chi connectivity index (χ1) is 12.1. The molecule has 0 bridgehead atoms. The van der Waals surface area contributed by atoms with Crippen LogP contribution in [-0.4, -0.2) is 29.2 Å². The van der Waals surface area contributed by atoms with E-state index in [4.69, 9.17) is 17.3 Å². The Kier molecular flexibility index (Phi) is 4.15. The summed E-state index contributed by atoms with van der Waals surface area (Å²) in [5.41, 5.74) is 4.91. The molecular weight excluding hydrogens is 379 g/mol. The van der Waals surface area contributed by atoms with Crippen molar-refractivity contribution in [2.75, 3.05) is 12.3 Å². The zero-order chi connectivity index (χ0) is 19.2. The van der Waals surface area contributed by atoms with Crippen molar-refractivity contribution in [3.63, 3.8) is 0 Å². The highest BCUT2D eigenvalue weighted by molar-refractivity contribution is 6.32. The van der Waals surface area contributed by atoms with Crippen molar-refractivity contribution in [1.82, 2.24) is 9.88 Å². The summed E-state index contributed by atoms with van der Waals surface area (Å²) in [6, 6.07) is 4.48. The van der Waals surface area contributed by atoms with Gasteiger partial charge in [-0.15, -0.1) is 0 Å². The zero-order valence-corrected chi connectivity index (χ0v) is 13.4. The van der Waals surface area contributed by atoms with Gasteiger partial charge in [0.1, 0.15) is 11.6 Å². The number of amides is 2. The van der Waals surface area contributed by atoms with E-state index in [9.17, 15) is 27.6 Å². The summed E-state index contributed by atoms with van der Waals surface area (Å²) in [5.74, 6) is -2.04. The molecule has 3 rings (SSSR count). The number of imide groups is 1. The molecular formula is C15H9ClF3N3O4. The van der Waals surface area contributed by atoms with Gasteiger partial charge in [0.2, 0.25) is 0 Å². The molecule has 1 aliphatic heterocycles. The van der Waals surface area contributed by atoms with E-state index in [2.05, 4.69) is 4.74 Å². The van der Waals surface area contributed by atoms with Crippen LogP contribution in [0.4, 0.5) is 19.0 Å². The first-order valence-corrected chi connectivity index (χ1v) is 7.37. The number of alkyl halides is 3. The lowest BCUT2D eigenvalue weighted by Crippen LogP contribution is -2.24. The number of nitrogens with zero attached hydrogens (tertiary/aromatic N) is 1. The molecule has 1 aliphatic rings. The van der Waals surface area contributed by atoms with E-state index >= 15 is 0 Å². The minimum atomic E-state index is -4.54. The van der Waals surface area contributed by atoms with Gasteiger partial charge in [0, 0.05) is 6.07 Å². The van der Waals surface area contributed by atoms with Crippen molar-refractivity contribution < 1.29 is 27.5 Å². The third kappa shape index (κ3) is 3.10. The number of pyridine rings is 1. The highest BCUT2D eigenvalue weighted by Crippen LogP contribution is 2.30. The topological polar surface area (TPSA) is 103 Å². The largest absolute Gasteiger partial charge is 0.483 e. The minimum absolute atomic E-state index is 0.0896. The number of carbonyl (C=O) groups is 2. The Labute approximate surface area is 148 Å². The van der Waals surface area contributed by atoms with Crippen molar-refractivity contribution in [1.29, 1.82) is 0 Å². The van der Waals surface area contributed by atoms with Crippen molar-refractivity contribution in [2.24, 2.45) is 0 Å². The molecule has 0 radical (unpaired) electrons. The number of nitrogen functional groups attached to an aromatic ring is 1. The fourth-order valence-corrected chi connectivity index (χ4v) is 2.68. The summed E-state index contributed by atoms with van der Waals surface area (Å²) in [6.45, 7) is -1.53. The smallest absolute Gasteiger partial charge is 0.422 e. The molecule has 2 amide bonds. The van der Waals surface area contributed by atoms with Crippen LogP contribution >= 0.6 is 11.6 Å². The lowest BCUT2D eigenvalue weighted by molar-refractivity contribution is -0.153. The van der Waals surface area contributed by atoms with E-state index in [0.717, 1.165) is 22.8 Å². The number of benzene rings is 1. The first kappa shape index (κ1) is 17.8. The number of carbonyl (C=O) groups excluding carboxylic acids is 2. The average molecular weight is 388 g/mol. The standard InChI is InChI=1S/C15H9ClF3N3O4/c16-8-3-6(1-2-9(8)26-5-15(17,18)19)22-10(23)4-7-11(12(22)20)14(25)21-13(7)24/h1-4H,5,20H2,(H,21,24,25). The SMILES string of the molecule is Nc1c2c(cc(=O)n1-c1ccc(OCC(F)(F)F)c(Cl)c1)C(=O)NC2=O. The number of hydrogen-bond donors (Lipinski definition) is 2. The predicted octanol–water partition coefficient (Wildman–Crippen LogP) is 1.90. The van der Waals surface area contributed by atoms with Crippen LogP contribution in [0.5, 0.6) is 5.75 Å². The maximum Gasteiger partial charge on any atom is 0.422 e. The van der Waals surface area contributed by atoms with Crippen molar-refractivity contribution >= 4 is 29.2 Å². The molecule has 0 saturated carbocycles. The number of fused-ring (bicyclic) bond motifs is 1. The van der Waals surface area contributed by atoms with E-state index in [0.29, 0.717) is 0 Å². The number of rotatable bonds is 3. The summed E-state index contributed by atoms with van der Waals surface area (Å²) in [6.07, 6.45) is -4.54. The van der Waals surface area contributed by atoms with E-state index in [1.54, 1.807) is 0 Å². The summed E-state index contributed by atoms with van der Waals surface area (Å²) >= 11 is 5.90. The number of anilines is 1. The summed E-state index contributed by atoms with van der Waals surface area (Å²) < 4.78 is 42.2. The lowest BCUT2D eigenvalue weighted by atomic mass is 10.1. The van der Waals surface area contributed by atoms with E-state index in [-0.39, 0.29) is 33.4 Å². The number of halogens is 4. The summed E-state index contributed by atoms with van der Waals surface area (Å²) in [4.78, 5) is 35.7. The maximum absolute atomic E-state index is 12.3. The second-order valence-electron chi connectivity index (χ2n) is 5.29. The van der Waals surface area contributed by atoms with E-state index < -0.39 is 30.2 Å². The number of ether oxygens (including phenoxy) is 1. The minimum Gasteiger partial charge on any atom is -0.483 e. The van der Waals surface area contributed by atoms with Crippen LogP contribution in [0.3, 0.4) is 0 Å². The third-order valence-electron chi connectivity index (χ3n) is 3.52. The molecule has 26 heavy (non-hydrogen) atoms. The normalized spacial score (nSPS) is 13.5. The summed E-state index contributed by atoms with van der Waals surface area (Å²) in [5, 5.41) is 1.82. The molecule has 1 aromatic heterocycles. The highest BCUT2D eigenvalue weighted by atomic mass is 35.5. The van der Waals surface area contributed by atoms with Crippen LogP contribution in [0.15, 0.2) is 29.1 Å². The van der Waals surface area contributed by atoms with Gasteiger partial charge in [-0.1, -0.05) is 11.6 Å². The zero-order valence-electron chi connectivity index (χ0n) is 12.7. The van der Waals surface area contributed by atoms with Gasteiger partial charge in [0.05, 0.1) is 21.8 Å². The molecule has 0 atom stereocenters. The Hall–Kier alpha value is -3.01. The van der Waals surface area contributed by atoms with Crippen LogP contribution in [-0.2, 0) is 0 Å². The van der Waals surface area contributed by atoms with Gasteiger partial charge < -0.3 is 10.5 Å². The Morgan fingerprint density at radius 2 is 1.85 bits per heavy atom. The third-order valence-corrected chi connectivity index (χ3v) is 3.81. The molecule has 1 aromatic carbocycles. The first-order valence-electron chi connectivity index (χ1n) is 6.99. The monoisotopic (exact) mass is 387 g/mol. The van der Waals surface area contributed by atoms with Gasteiger partial charge in [-0.2, -0.15) is 13.2 Å². The maximum atomic E-state index is 12.3. The second-order valence-corrected chi connectivity index (χ2v) is 5.70. The van der Waals surface area contributed by atoms with Gasteiger partial charge in [-0.25, -0.2) is 0 Å². The highest BCUT2D eigenvalue weighted by Gasteiger charge is 2.32. The number of nitrogens with one attached hydrogen (secondary N) is 1. The molecule has 0 aliphatic carbocycles. The Morgan fingerprint density at radius 3 is 2.46 bits per heavy atom. The molecule has 7 nitrogen and oxygen atoms in total. The van der Waals surface area contributed by atoms with Gasteiger partial charge >= 0.3 is 6.18 Å². The van der Waals surface area contributed by atoms with Gasteiger partial charge in [0.15, 0.2) is 6.61 Å². The fraction of sp³-hybridized carbons (Fsp3) is 0.133. The molecule has 0 fully saturated rings. The molecule has 3 N–H and O–H groups in total. The molecule has 2 aromatic rings.